The zero-order chi connectivity index (χ0) is 13.6. The van der Waals surface area contributed by atoms with Crippen LogP contribution in [0.4, 0.5) is 13.2 Å². The number of hydrogen-bond donors (Lipinski definition) is 3. The molecule has 1 unspecified atom stereocenters. The van der Waals surface area contributed by atoms with Crippen molar-refractivity contribution in [1.82, 2.24) is 5.32 Å². The summed E-state index contributed by atoms with van der Waals surface area (Å²) in [7, 11) is 0. The molecule has 6 heteroatoms. The molecule has 18 heavy (non-hydrogen) atoms. The number of halogens is 3. The van der Waals surface area contributed by atoms with E-state index in [1.807, 2.05) is 0 Å². The predicted molar refractivity (Wildman–Crippen MR) is 62.9 cm³/mol. The average molecular weight is 262 g/mol. The monoisotopic (exact) mass is 262 g/mol. The summed E-state index contributed by atoms with van der Waals surface area (Å²) >= 11 is 0. The fourth-order valence-corrected chi connectivity index (χ4v) is 1.73. The van der Waals surface area contributed by atoms with Crippen LogP contribution in [-0.4, -0.2) is 24.8 Å². The first-order valence-corrected chi connectivity index (χ1v) is 5.71. The molecular formula is C12H17F3N2O. The fourth-order valence-electron chi connectivity index (χ4n) is 1.73. The predicted octanol–water partition coefficient (Wildman–Crippen LogP) is 1.68. The Labute approximate surface area is 104 Å². The van der Waals surface area contributed by atoms with Crippen molar-refractivity contribution >= 4 is 0 Å². The molecule has 102 valence electrons. The zero-order valence-corrected chi connectivity index (χ0v) is 9.87. The van der Waals surface area contributed by atoms with Gasteiger partial charge in [-0.2, -0.15) is 13.2 Å². The van der Waals surface area contributed by atoms with Crippen molar-refractivity contribution < 1.29 is 18.3 Å². The van der Waals surface area contributed by atoms with Gasteiger partial charge in [-0.1, -0.05) is 18.2 Å². The molecule has 1 rings (SSSR count). The van der Waals surface area contributed by atoms with Gasteiger partial charge in [0.15, 0.2) is 0 Å². The Balaban J connectivity index is 2.91. The Morgan fingerprint density at radius 3 is 2.50 bits per heavy atom. The first-order chi connectivity index (χ1) is 8.50. The smallest absolute Gasteiger partial charge is 0.396 e. The summed E-state index contributed by atoms with van der Waals surface area (Å²) < 4.78 is 38.5. The van der Waals surface area contributed by atoms with Gasteiger partial charge >= 0.3 is 6.18 Å². The number of nitrogens with two attached hydrogens (primary N) is 1. The molecule has 0 saturated heterocycles. The van der Waals surface area contributed by atoms with E-state index in [9.17, 15) is 13.2 Å². The number of hydrogen-bond acceptors (Lipinski definition) is 3. The summed E-state index contributed by atoms with van der Waals surface area (Å²) in [5.74, 6) is 0. The van der Waals surface area contributed by atoms with Crippen LogP contribution in [0.5, 0.6) is 0 Å². The van der Waals surface area contributed by atoms with Crippen molar-refractivity contribution in [2.75, 3.05) is 19.7 Å². The Hall–Kier alpha value is -1.11. The van der Waals surface area contributed by atoms with Crippen LogP contribution < -0.4 is 11.1 Å². The molecular weight excluding hydrogens is 245 g/mol. The fraction of sp³-hybridized carbons (Fsp3) is 0.500. The van der Waals surface area contributed by atoms with Gasteiger partial charge in [-0.25, -0.2) is 0 Å². The molecule has 1 aromatic carbocycles. The Morgan fingerprint density at radius 1 is 1.28 bits per heavy atom. The second kappa shape index (κ2) is 6.72. The van der Waals surface area contributed by atoms with Crippen LogP contribution in [0.25, 0.3) is 0 Å². The van der Waals surface area contributed by atoms with E-state index in [-0.39, 0.29) is 18.7 Å². The molecule has 0 radical (unpaired) electrons. The highest BCUT2D eigenvalue weighted by Crippen LogP contribution is 2.34. The van der Waals surface area contributed by atoms with Crippen LogP contribution in [0, 0.1) is 0 Å². The molecule has 0 amide bonds. The largest absolute Gasteiger partial charge is 0.416 e. The van der Waals surface area contributed by atoms with Gasteiger partial charge in [-0.3, -0.25) is 0 Å². The van der Waals surface area contributed by atoms with Gasteiger partial charge in [0.05, 0.1) is 5.56 Å². The van der Waals surface area contributed by atoms with E-state index in [2.05, 4.69) is 5.32 Å². The van der Waals surface area contributed by atoms with Crippen molar-refractivity contribution in [3.05, 3.63) is 35.4 Å². The van der Waals surface area contributed by atoms with Gasteiger partial charge in [-0.15, -0.1) is 0 Å². The van der Waals surface area contributed by atoms with Gasteiger partial charge in [0, 0.05) is 19.2 Å². The molecule has 0 aliphatic heterocycles. The molecule has 4 N–H and O–H groups in total. The third-order valence-electron chi connectivity index (χ3n) is 2.60. The number of rotatable bonds is 6. The molecule has 0 aliphatic rings. The van der Waals surface area contributed by atoms with Crippen LogP contribution in [0.3, 0.4) is 0 Å². The van der Waals surface area contributed by atoms with Gasteiger partial charge in [0.2, 0.25) is 0 Å². The molecule has 0 heterocycles. The first kappa shape index (κ1) is 14.9. The Morgan fingerprint density at radius 2 is 1.94 bits per heavy atom. The number of benzene rings is 1. The molecule has 3 nitrogen and oxygen atoms in total. The average Bonchev–Trinajstić information content (AvgIpc) is 2.34. The van der Waals surface area contributed by atoms with Crippen molar-refractivity contribution in [2.24, 2.45) is 5.73 Å². The number of aliphatic hydroxyl groups excluding tert-OH is 1. The zero-order valence-electron chi connectivity index (χ0n) is 9.87. The molecule has 0 aliphatic carbocycles. The molecule has 0 bridgehead atoms. The maximum Gasteiger partial charge on any atom is 0.416 e. The minimum Gasteiger partial charge on any atom is -0.396 e. The lowest BCUT2D eigenvalue weighted by molar-refractivity contribution is -0.138. The molecule has 0 spiro atoms. The van der Waals surface area contributed by atoms with Crippen LogP contribution in [0.1, 0.15) is 23.6 Å². The topological polar surface area (TPSA) is 58.3 Å². The van der Waals surface area contributed by atoms with Crippen LogP contribution in [0.2, 0.25) is 0 Å². The highest BCUT2D eigenvalue weighted by atomic mass is 19.4. The van der Waals surface area contributed by atoms with Crippen molar-refractivity contribution in [1.29, 1.82) is 0 Å². The summed E-state index contributed by atoms with van der Waals surface area (Å²) in [6.07, 6.45) is -3.91. The summed E-state index contributed by atoms with van der Waals surface area (Å²) in [6.45, 7) is 0.480. The minimum absolute atomic E-state index is 0.00872. The van der Waals surface area contributed by atoms with E-state index in [1.54, 1.807) is 6.07 Å². The molecule has 1 aromatic rings. The second-order valence-corrected chi connectivity index (χ2v) is 3.90. The van der Waals surface area contributed by atoms with Crippen LogP contribution in [0.15, 0.2) is 24.3 Å². The van der Waals surface area contributed by atoms with E-state index in [4.69, 9.17) is 10.8 Å². The maximum atomic E-state index is 12.8. The summed E-state index contributed by atoms with van der Waals surface area (Å²) in [6, 6.07) is 4.82. The number of alkyl halides is 3. The van der Waals surface area contributed by atoms with E-state index < -0.39 is 17.8 Å². The quantitative estimate of drug-likeness (QED) is 0.684. The maximum absolute atomic E-state index is 12.8. The minimum atomic E-state index is -4.39. The standard InChI is InChI=1S/C12H17F3N2O/c13-12(14,15)10-5-2-1-4-9(10)11(8-16)17-6-3-7-18/h1-2,4-5,11,17-18H,3,6-8,16H2. The van der Waals surface area contributed by atoms with E-state index in [1.165, 1.54) is 12.1 Å². The van der Waals surface area contributed by atoms with Gasteiger partial charge in [0.1, 0.15) is 0 Å². The number of nitrogens with one attached hydrogen (secondary N) is 1. The Kier molecular flexibility index (Phi) is 5.58. The normalized spacial score (nSPS) is 13.6. The molecule has 0 fully saturated rings. The summed E-state index contributed by atoms with van der Waals surface area (Å²) in [4.78, 5) is 0. The van der Waals surface area contributed by atoms with Crippen molar-refractivity contribution in [3.63, 3.8) is 0 Å². The van der Waals surface area contributed by atoms with E-state index in [0.29, 0.717) is 13.0 Å². The highest BCUT2D eigenvalue weighted by Gasteiger charge is 2.34. The summed E-state index contributed by atoms with van der Waals surface area (Å²) in [5.41, 5.74) is 4.98. The van der Waals surface area contributed by atoms with Crippen molar-refractivity contribution in [2.45, 2.75) is 18.6 Å². The SMILES string of the molecule is NCC(NCCCO)c1ccccc1C(F)(F)F. The Bertz CT molecular complexity index is 369. The van der Waals surface area contributed by atoms with Crippen LogP contribution in [-0.2, 0) is 6.18 Å². The molecule has 1 atom stereocenters. The molecule has 0 saturated carbocycles. The van der Waals surface area contributed by atoms with E-state index >= 15 is 0 Å². The van der Waals surface area contributed by atoms with Crippen molar-refractivity contribution in [3.8, 4) is 0 Å². The third-order valence-corrected chi connectivity index (χ3v) is 2.60. The van der Waals surface area contributed by atoms with E-state index in [0.717, 1.165) is 6.07 Å². The lowest BCUT2D eigenvalue weighted by atomic mass is 10.00. The van der Waals surface area contributed by atoms with Gasteiger partial charge < -0.3 is 16.2 Å². The van der Waals surface area contributed by atoms with Crippen LogP contribution >= 0.6 is 0 Å². The van der Waals surface area contributed by atoms with Gasteiger partial charge in [-0.05, 0) is 24.6 Å². The number of aliphatic hydroxyl groups is 1. The second-order valence-electron chi connectivity index (χ2n) is 3.90. The highest BCUT2D eigenvalue weighted by molar-refractivity contribution is 5.32. The first-order valence-electron chi connectivity index (χ1n) is 5.71. The summed E-state index contributed by atoms with van der Waals surface area (Å²) in [5, 5.41) is 11.6. The molecule has 0 aromatic heterocycles. The lowest BCUT2D eigenvalue weighted by Gasteiger charge is -2.21. The lowest BCUT2D eigenvalue weighted by Crippen LogP contribution is -2.31. The van der Waals surface area contributed by atoms with Gasteiger partial charge in [0.25, 0.3) is 0 Å². The third kappa shape index (κ3) is 3.97.